The lowest BCUT2D eigenvalue weighted by Crippen LogP contribution is -2.18. The third kappa shape index (κ3) is 3.72. The maximum atomic E-state index is 10.9. The van der Waals surface area contributed by atoms with E-state index in [1.165, 1.54) is 5.56 Å². The first kappa shape index (κ1) is 16.8. The molecular weight excluding hydrogens is 322 g/mol. The number of anilines is 1. The molecule has 2 atom stereocenters. The highest BCUT2D eigenvalue weighted by Crippen LogP contribution is 2.35. The van der Waals surface area contributed by atoms with Gasteiger partial charge in [0.2, 0.25) is 0 Å². The highest BCUT2D eigenvalue weighted by molar-refractivity contribution is 7.78. The van der Waals surface area contributed by atoms with Crippen LogP contribution in [0, 0.1) is 0 Å². The van der Waals surface area contributed by atoms with Gasteiger partial charge in [-0.05, 0) is 35.7 Å². The molecule has 1 aliphatic rings. The number of hydrazone groups is 1. The second kappa shape index (κ2) is 7.25. The van der Waals surface area contributed by atoms with Gasteiger partial charge in [0, 0.05) is 18.7 Å². The van der Waals surface area contributed by atoms with Crippen molar-refractivity contribution < 1.29 is 8.76 Å². The van der Waals surface area contributed by atoms with Crippen LogP contribution < -0.4 is 10.7 Å². The zero-order chi connectivity index (χ0) is 17.1. The van der Waals surface area contributed by atoms with Crippen LogP contribution in [-0.4, -0.2) is 14.5 Å². The maximum Gasteiger partial charge on any atom is 0.157 e. The van der Waals surface area contributed by atoms with Gasteiger partial charge in [-0.1, -0.05) is 36.4 Å². The Kier molecular flexibility index (Phi) is 5.08. The van der Waals surface area contributed by atoms with Gasteiger partial charge in [-0.2, -0.15) is 5.10 Å². The van der Waals surface area contributed by atoms with Gasteiger partial charge in [-0.15, -0.1) is 0 Å². The molecule has 2 unspecified atom stereocenters. The minimum absolute atomic E-state index is 0.145. The highest BCUT2D eigenvalue weighted by Gasteiger charge is 2.27. The Hall–Kier alpha value is -2.02. The monoisotopic (exact) mass is 343 g/mol. The lowest BCUT2D eigenvalue weighted by Gasteiger charge is -2.24. The second-order valence-electron chi connectivity index (χ2n) is 5.98. The molecule has 1 heterocycles. The zero-order valence-electron chi connectivity index (χ0n) is 13.6. The van der Waals surface area contributed by atoms with Crippen LogP contribution >= 0.6 is 0 Å². The van der Waals surface area contributed by atoms with Gasteiger partial charge < -0.3 is 10.3 Å². The number of nitrogens with zero attached hydrogens (tertiary/aromatic N) is 2. The van der Waals surface area contributed by atoms with Crippen molar-refractivity contribution in [2.75, 3.05) is 5.01 Å². The molecule has 24 heavy (non-hydrogen) atoms. The van der Waals surface area contributed by atoms with E-state index in [0.29, 0.717) is 6.54 Å². The van der Waals surface area contributed by atoms with Crippen LogP contribution in [0.2, 0.25) is 0 Å². The fourth-order valence-corrected chi connectivity index (χ4v) is 3.40. The smallest absolute Gasteiger partial charge is 0.157 e. The van der Waals surface area contributed by atoms with Crippen molar-refractivity contribution in [1.29, 1.82) is 0 Å². The van der Waals surface area contributed by atoms with Gasteiger partial charge in [0.05, 0.1) is 17.5 Å². The van der Waals surface area contributed by atoms with Crippen LogP contribution in [0.4, 0.5) is 5.69 Å². The third-order valence-corrected chi connectivity index (χ3v) is 4.73. The predicted octanol–water partition coefficient (Wildman–Crippen LogP) is 3.19. The van der Waals surface area contributed by atoms with Gasteiger partial charge in [-0.25, -0.2) is 4.21 Å². The van der Waals surface area contributed by atoms with Crippen LogP contribution in [0.25, 0.3) is 0 Å². The molecular formula is C18H21N3O2S. The summed E-state index contributed by atoms with van der Waals surface area (Å²) in [4.78, 5) is 0. The van der Waals surface area contributed by atoms with E-state index in [9.17, 15) is 4.21 Å². The Morgan fingerprint density at radius 2 is 1.79 bits per heavy atom. The van der Waals surface area contributed by atoms with Gasteiger partial charge in [0.1, 0.15) is 0 Å². The van der Waals surface area contributed by atoms with E-state index < -0.39 is 11.1 Å². The van der Waals surface area contributed by atoms with Gasteiger partial charge in [0.25, 0.3) is 0 Å². The van der Waals surface area contributed by atoms with E-state index in [0.717, 1.165) is 28.9 Å². The van der Waals surface area contributed by atoms with Crippen LogP contribution in [0.5, 0.6) is 0 Å². The Balaban J connectivity index is 1.85. The standard InChI is InChI=1S/C18H21N3O2S/c1-13-10-18(16-6-2-14(11-19)3-7-16)21(20-13)17-8-4-15(5-9-17)12-24(22)23/h2-9,18H,10-12,19H2,1H3,(H,22,23). The van der Waals surface area contributed by atoms with Crippen molar-refractivity contribution in [2.24, 2.45) is 10.8 Å². The normalized spacial score (nSPS) is 18.5. The molecule has 0 fully saturated rings. The molecule has 0 amide bonds. The largest absolute Gasteiger partial charge is 0.326 e. The minimum Gasteiger partial charge on any atom is -0.326 e. The summed E-state index contributed by atoms with van der Waals surface area (Å²) in [5.41, 5.74) is 10.9. The lowest BCUT2D eigenvalue weighted by molar-refractivity contribution is 0.563. The van der Waals surface area contributed by atoms with Crippen molar-refractivity contribution in [3.05, 3.63) is 65.2 Å². The molecule has 1 aliphatic heterocycles. The molecule has 0 saturated heterocycles. The van der Waals surface area contributed by atoms with Crippen molar-refractivity contribution in [1.82, 2.24) is 0 Å². The second-order valence-corrected chi connectivity index (χ2v) is 6.91. The molecule has 6 heteroatoms. The minimum atomic E-state index is -1.82. The first-order chi connectivity index (χ1) is 11.6. The summed E-state index contributed by atoms with van der Waals surface area (Å²) in [5, 5.41) is 6.69. The average Bonchev–Trinajstić information content (AvgIpc) is 2.97. The van der Waals surface area contributed by atoms with Crippen molar-refractivity contribution >= 4 is 22.5 Å². The highest BCUT2D eigenvalue weighted by atomic mass is 32.2. The maximum absolute atomic E-state index is 10.9. The molecule has 2 aromatic carbocycles. The van der Waals surface area contributed by atoms with E-state index in [2.05, 4.69) is 29.4 Å². The molecule has 126 valence electrons. The summed E-state index contributed by atoms with van der Waals surface area (Å²) in [6.07, 6.45) is 0.879. The summed E-state index contributed by atoms with van der Waals surface area (Å²) in [6.45, 7) is 2.57. The first-order valence-electron chi connectivity index (χ1n) is 7.85. The van der Waals surface area contributed by atoms with Crippen molar-refractivity contribution in [2.45, 2.75) is 31.7 Å². The number of rotatable bonds is 5. The molecule has 0 spiro atoms. The Bertz CT molecular complexity index is 757. The van der Waals surface area contributed by atoms with Gasteiger partial charge >= 0.3 is 0 Å². The SMILES string of the molecule is CC1=NN(c2ccc(CS(=O)O)cc2)C(c2ccc(CN)cc2)C1. The summed E-state index contributed by atoms with van der Waals surface area (Å²) in [6, 6.07) is 16.1. The summed E-state index contributed by atoms with van der Waals surface area (Å²) in [7, 11) is 0. The Labute approximate surface area is 144 Å². The summed E-state index contributed by atoms with van der Waals surface area (Å²) in [5.74, 6) is 0.145. The van der Waals surface area contributed by atoms with Crippen molar-refractivity contribution in [3.63, 3.8) is 0 Å². The number of hydrogen-bond donors (Lipinski definition) is 2. The molecule has 0 saturated carbocycles. The summed E-state index contributed by atoms with van der Waals surface area (Å²) >= 11 is -1.82. The molecule has 0 bridgehead atoms. The molecule has 3 rings (SSSR count). The quantitative estimate of drug-likeness (QED) is 0.817. The fraction of sp³-hybridized carbons (Fsp3) is 0.278. The third-order valence-electron chi connectivity index (χ3n) is 4.15. The number of hydrogen-bond acceptors (Lipinski definition) is 4. The van der Waals surface area contributed by atoms with Crippen molar-refractivity contribution in [3.8, 4) is 0 Å². The van der Waals surface area contributed by atoms with Gasteiger partial charge in [0.15, 0.2) is 11.1 Å². The Morgan fingerprint density at radius 1 is 1.17 bits per heavy atom. The summed E-state index contributed by atoms with van der Waals surface area (Å²) < 4.78 is 19.9. The molecule has 0 radical (unpaired) electrons. The van der Waals surface area contributed by atoms with E-state index in [4.69, 9.17) is 10.3 Å². The fourth-order valence-electron chi connectivity index (χ4n) is 2.92. The molecule has 0 aromatic heterocycles. The number of nitrogens with two attached hydrogens (primary N) is 1. The topological polar surface area (TPSA) is 78.9 Å². The Morgan fingerprint density at radius 3 is 2.38 bits per heavy atom. The van der Waals surface area contributed by atoms with Crippen LogP contribution in [0.1, 0.15) is 36.1 Å². The van der Waals surface area contributed by atoms with Gasteiger partial charge in [-0.3, -0.25) is 5.01 Å². The van der Waals surface area contributed by atoms with Crippen LogP contribution in [0.15, 0.2) is 53.6 Å². The van der Waals surface area contributed by atoms with Crippen LogP contribution in [-0.2, 0) is 23.4 Å². The zero-order valence-corrected chi connectivity index (χ0v) is 14.4. The predicted molar refractivity (Wildman–Crippen MR) is 98.2 cm³/mol. The van der Waals surface area contributed by atoms with E-state index in [-0.39, 0.29) is 11.8 Å². The van der Waals surface area contributed by atoms with Crippen LogP contribution in [0.3, 0.4) is 0 Å². The molecule has 3 N–H and O–H groups in total. The lowest BCUT2D eigenvalue weighted by atomic mass is 10.0. The molecule has 0 aliphatic carbocycles. The van der Waals surface area contributed by atoms with E-state index in [1.54, 1.807) is 0 Å². The molecule has 5 nitrogen and oxygen atoms in total. The average molecular weight is 343 g/mol. The number of benzene rings is 2. The molecule has 2 aromatic rings. The van der Waals surface area contributed by atoms with E-state index in [1.807, 2.05) is 36.2 Å². The first-order valence-corrected chi connectivity index (χ1v) is 9.13. The van der Waals surface area contributed by atoms with E-state index >= 15 is 0 Å².